The number of hydrogen-bond acceptors (Lipinski definition) is 5. The van der Waals surface area contributed by atoms with Crippen LogP contribution < -0.4 is 10.1 Å². The second-order valence-corrected chi connectivity index (χ2v) is 6.97. The monoisotopic (exact) mass is 415 g/mol. The molecule has 0 saturated carbocycles. The molecule has 0 bridgehead atoms. The highest BCUT2D eigenvalue weighted by molar-refractivity contribution is 9.10. The molecule has 2 rings (SSSR count). The fourth-order valence-electron chi connectivity index (χ4n) is 1.96. The molecule has 0 fully saturated rings. The van der Waals surface area contributed by atoms with Crippen molar-refractivity contribution in [3.05, 3.63) is 44.5 Å². The van der Waals surface area contributed by atoms with E-state index in [2.05, 4.69) is 21.2 Å². The first-order valence-corrected chi connectivity index (χ1v) is 8.50. The lowest BCUT2D eigenvalue weighted by Crippen LogP contribution is -2.21. The number of carbonyl (C=O) groups is 2. The van der Waals surface area contributed by atoms with Crippen molar-refractivity contribution in [3.63, 3.8) is 0 Å². The number of nitrogens with one attached hydrogen (secondary N) is 1. The zero-order chi connectivity index (χ0) is 17.9. The molecule has 1 heterocycles. The summed E-state index contributed by atoms with van der Waals surface area (Å²) in [6.45, 7) is 3.37. The highest BCUT2D eigenvalue weighted by Crippen LogP contribution is 2.33. The first kappa shape index (κ1) is 18.4. The molecule has 0 aliphatic carbocycles. The van der Waals surface area contributed by atoms with Crippen LogP contribution in [0.3, 0.4) is 0 Å². The molecule has 2 aromatic rings. The number of ether oxygens (including phenoxy) is 2. The third-order valence-electron chi connectivity index (χ3n) is 3.28. The minimum absolute atomic E-state index is 0.277. The van der Waals surface area contributed by atoms with E-state index in [1.807, 2.05) is 6.92 Å². The highest BCUT2D eigenvalue weighted by Gasteiger charge is 2.21. The zero-order valence-corrected chi connectivity index (χ0v) is 15.6. The molecule has 0 aliphatic heterocycles. The summed E-state index contributed by atoms with van der Waals surface area (Å²) in [7, 11) is 1.29. The van der Waals surface area contributed by atoms with Crippen molar-refractivity contribution in [1.82, 2.24) is 0 Å². The Morgan fingerprint density at radius 2 is 2.04 bits per heavy atom. The number of halogens is 2. The molecule has 1 aromatic carbocycles. The van der Waals surface area contributed by atoms with Crippen LogP contribution in [0, 0.1) is 19.7 Å². The largest absolute Gasteiger partial charge is 0.483 e. The van der Waals surface area contributed by atoms with Crippen molar-refractivity contribution in [3.8, 4) is 5.75 Å². The van der Waals surface area contributed by atoms with Gasteiger partial charge in [-0.15, -0.1) is 11.3 Å². The number of hydrogen-bond donors (Lipinski definition) is 1. The Morgan fingerprint density at radius 3 is 2.67 bits per heavy atom. The van der Waals surface area contributed by atoms with Gasteiger partial charge in [-0.2, -0.15) is 0 Å². The number of aryl methyl sites for hydroxylation is 1. The topological polar surface area (TPSA) is 64.6 Å². The van der Waals surface area contributed by atoms with Crippen LogP contribution in [0.2, 0.25) is 0 Å². The van der Waals surface area contributed by atoms with Crippen molar-refractivity contribution in [2.45, 2.75) is 13.8 Å². The van der Waals surface area contributed by atoms with Gasteiger partial charge in [-0.1, -0.05) is 0 Å². The van der Waals surface area contributed by atoms with Gasteiger partial charge in [0.15, 0.2) is 6.61 Å². The molecule has 128 valence electrons. The van der Waals surface area contributed by atoms with Crippen LogP contribution in [0.25, 0.3) is 0 Å². The predicted molar refractivity (Wildman–Crippen MR) is 93.4 cm³/mol. The zero-order valence-electron chi connectivity index (χ0n) is 13.2. The molecule has 0 spiro atoms. The minimum atomic E-state index is -0.505. The molecule has 0 radical (unpaired) electrons. The van der Waals surface area contributed by atoms with Gasteiger partial charge >= 0.3 is 5.97 Å². The minimum Gasteiger partial charge on any atom is -0.483 e. The SMILES string of the molecule is COC(=O)c1c(NC(=O)COc2ccc(F)cc2Br)sc(C)c1C. The molecule has 24 heavy (non-hydrogen) atoms. The van der Waals surface area contributed by atoms with Crippen LogP contribution in [-0.4, -0.2) is 25.6 Å². The van der Waals surface area contributed by atoms with Gasteiger partial charge in [0.2, 0.25) is 0 Å². The normalized spacial score (nSPS) is 10.4. The number of rotatable bonds is 5. The number of anilines is 1. The van der Waals surface area contributed by atoms with Crippen molar-refractivity contribution in [2.75, 3.05) is 19.0 Å². The van der Waals surface area contributed by atoms with E-state index < -0.39 is 17.7 Å². The van der Waals surface area contributed by atoms with Crippen LogP contribution in [-0.2, 0) is 9.53 Å². The van der Waals surface area contributed by atoms with E-state index in [1.165, 1.54) is 36.6 Å². The van der Waals surface area contributed by atoms with Gasteiger partial charge in [0.25, 0.3) is 5.91 Å². The second kappa shape index (κ2) is 7.76. The molecule has 1 aromatic heterocycles. The van der Waals surface area contributed by atoms with E-state index in [4.69, 9.17) is 9.47 Å². The number of benzene rings is 1. The number of thiophene rings is 1. The molecule has 0 unspecified atom stereocenters. The highest BCUT2D eigenvalue weighted by atomic mass is 79.9. The molecular formula is C16H15BrFNO4S. The van der Waals surface area contributed by atoms with E-state index in [0.717, 1.165) is 10.4 Å². The second-order valence-electron chi connectivity index (χ2n) is 4.89. The van der Waals surface area contributed by atoms with Gasteiger partial charge in [0.05, 0.1) is 17.1 Å². The fourth-order valence-corrected chi connectivity index (χ4v) is 3.49. The third-order valence-corrected chi connectivity index (χ3v) is 5.02. The number of methoxy groups -OCH3 is 1. The summed E-state index contributed by atoms with van der Waals surface area (Å²) in [4.78, 5) is 24.9. The molecule has 5 nitrogen and oxygen atoms in total. The Hall–Kier alpha value is -1.93. The quantitative estimate of drug-likeness (QED) is 0.747. The average molecular weight is 416 g/mol. The number of amides is 1. The predicted octanol–water partition coefficient (Wildman–Crippen LogP) is 4.07. The van der Waals surface area contributed by atoms with Gasteiger partial charge in [0.1, 0.15) is 16.6 Å². The van der Waals surface area contributed by atoms with E-state index in [-0.39, 0.29) is 6.61 Å². The summed E-state index contributed by atoms with van der Waals surface area (Å²) < 4.78 is 23.5. The lowest BCUT2D eigenvalue weighted by molar-refractivity contribution is -0.118. The number of carbonyl (C=O) groups excluding carboxylic acids is 2. The Kier molecular flexibility index (Phi) is 5.95. The molecule has 0 aliphatic rings. The summed E-state index contributed by atoms with van der Waals surface area (Å²) >= 11 is 4.45. The Bertz CT molecular complexity index is 791. The van der Waals surface area contributed by atoms with E-state index in [0.29, 0.717) is 20.8 Å². The average Bonchev–Trinajstić information content (AvgIpc) is 2.80. The van der Waals surface area contributed by atoms with Crippen LogP contribution in [0.1, 0.15) is 20.8 Å². The maximum atomic E-state index is 13.0. The van der Waals surface area contributed by atoms with Crippen LogP contribution in [0.4, 0.5) is 9.39 Å². The molecule has 1 amide bonds. The maximum absolute atomic E-state index is 13.0. The summed E-state index contributed by atoms with van der Waals surface area (Å²) in [6, 6.07) is 3.90. The molecule has 0 saturated heterocycles. The van der Waals surface area contributed by atoms with E-state index >= 15 is 0 Å². The lowest BCUT2D eigenvalue weighted by Gasteiger charge is -2.09. The maximum Gasteiger partial charge on any atom is 0.341 e. The fraction of sp³-hybridized carbons (Fsp3) is 0.250. The van der Waals surface area contributed by atoms with Gasteiger partial charge < -0.3 is 14.8 Å². The Balaban J connectivity index is 2.07. The first-order valence-electron chi connectivity index (χ1n) is 6.89. The van der Waals surface area contributed by atoms with E-state index in [9.17, 15) is 14.0 Å². The van der Waals surface area contributed by atoms with Gasteiger partial charge in [-0.3, -0.25) is 4.79 Å². The van der Waals surface area contributed by atoms with Gasteiger partial charge in [0, 0.05) is 4.88 Å². The van der Waals surface area contributed by atoms with Gasteiger partial charge in [-0.25, -0.2) is 9.18 Å². The molecule has 0 atom stereocenters. The van der Waals surface area contributed by atoms with Gasteiger partial charge in [-0.05, 0) is 53.5 Å². The van der Waals surface area contributed by atoms with E-state index in [1.54, 1.807) is 6.92 Å². The Morgan fingerprint density at radius 1 is 1.33 bits per heavy atom. The standard InChI is InChI=1S/C16H15BrFNO4S/c1-8-9(2)24-15(14(8)16(21)22-3)19-13(20)7-23-12-5-4-10(18)6-11(12)17/h4-6H,7H2,1-3H3,(H,19,20). The summed E-state index contributed by atoms with van der Waals surface area (Å²) in [5, 5.41) is 3.07. The molecular weight excluding hydrogens is 401 g/mol. The third kappa shape index (κ3) is 4.12. The van der Waals surface area contributed by atoms with Crippen LogP contribution in [0.5, 0.6) is 5.75 Å². The first-order chi connectivity index (χ1) is 11.3. The summed E-state index contributed by atoms with van der Waals surface area (Å²) in [5.41, 5.74) is 1.11. The van der Waals surface area contributed by atoms with Crippen molar-refractivity contribution >= 4 is 44.1 Å². The molecule has 1 N–H and O–H groups in total. The molecule has 8 heteroatoms. The Labute approximate surface area is 150 Å². The summed E-state index contributed by atoms with van der Waals surface area (Å²) in [5.74, 6) is -1.00. The summed E-state index contributed by atoms with van der Waals surface area (Å²) in [6.07, 6.45) is 0. The van der Waals surface area contributed by atoms with Crippen molar-refractivity contribution in [1.29, 1.82) is 0 Å². The lowest BCUT2D eigenvalue weighted by atomic mass is 10.1. The van der Waals surface area contributed by atoms with Crippen LogP contribution in [0.15, 0.2) is 22.7 Å². The van der Waals surface area contributed by atoms with Crippen molar-refractivity contribution in [2.24, 2.45) is 0 Å². The van der Waals surface area contributed by atoms with Crippen molar-refractivity contribution < 1.29 is 23.5 Å². The number of esters is 1. The van der Waals surface area contributed by atoms with Crippen LogP contribution >= 0.6 is 27.3 Å². The smallest absolute Gasteiger partial charge is 0.341 e.